The summed E-state index contributed by atoms with van der Waals surface area (Å²) in [6, 6.07) is 0. The van der Waals surface area contributed by atoms with Crippen molar-refractivity contribution in [2.75, 3.05) is 0 Å². The van der Waals surface area contributed by atoms with Crippen LogP contribution in [0, 0.1) is 28.4 Å². The largest absolute Gasteiger partial charge is 0.321 e. The monoisotopic (exact) mass is 425 g/mol. The Balaban J connectivity index is 1.70. The number of nitro groups is 1. The predicted molar refractivity (Wildman–Crippen MR) is 115 cm³/mol. The highest BCUT2D eigenvalue weighted by Crippen LogP contribution is 2.43. The van der Waals surface area contributed by atoms with Crippen molar-refractivity contribution in [1.29, 1.82) is 0 Å². The molecular formula is C20H23N7O2S. The van der Waals surface area contributed by atoms with E-state index in [0.29, 0.717) is 28.8 Å². The highest BCUT2D eigenvalue weighted by molar-refractivity contribution is 7.19. The second-order valence-electron chi connectivity index (χ2n) is 9.10. The van der Waals surface area contributed by atoms with Gasteiger partial charge in [-0.1, -0.05) is 20.8 Å². The van der Waals surface area contributed by atoms with Crippen LogP contribution >= 0.6 is 11.3 Å². The van der Waals surface area contributed by atoms with Crippen molar-refractivity contribution in [2.45, 2.75) is 47.0 Å². The summed E-state index contributed by atoms with van der Waals surface area (Å²) in [7, 11) is 1.67. The number of aromatic nitrogens is 6. The molecule has 0 spiro atoms. The molecule has 0 aromatic carbocycles. The number of aryl methyl sites for hydroxylation is 3. The van der Waals surface area contributed by atoms with E-state index in [9.17, 15) is 10.1 Å². The summed E-state index contributed by atoms with van der Waals surface area (Å²) in [5.41, 5.74) is 2.89. The van der Waals surface area contributed by atoms with Gasteiger partial charge in [-0.15, -0.1) is 16.4 Å². The van der Waals surface area contributed by atoms with Gasteiger partial charge in [0.15, 0.2) is 11.3 Å². The molecule has 0 saturated heterocycles. The third kappa shape index (κ3) is 2.73. The van der Waals surface area contributed by atoms with Crippen molar-refractivity contribution >= 4 is 32.9 Å². The van der Waals surface area contributed by atoms with Crippen LogP contribution in [-0.4, -0.2) is 34.3 Å². The first-order valence-electron chi connectivity index (χ1n) is 9.99. The lowest BCUT2D eigenvalue weighted by molar-refractivity contribution is -0.384. The predicted octanol–water partition coefficient (Wildman–Crippen LogP) is 4.11. The van der Waals surface area contributed by atoms with Crippen molar-refractivity contribution in [3.05, 3.63) is 32.6 Å². The van der Waals surface area contributed by atoms with Crippen molar-refractivity contribution in [3.63, 3.8) is 0 Å². The van der Waals surface area contributed by atoms with Gasteiger partial charge in [0.2, 0.25) is 5.82 Å². The maximum Gasteiger partial charge on any atom is 0.321 e. The van der Waals surface area contributed by atoms with Gasteiger partial charge in [-0.05, 0) is 43.1 Å². The van der Waals surface area contributed by atoms with Gasteiger partial charge >= 0.3 is 5.69 Å². The molecule has 1 aliphatic rings. The van der Waals surface area contributed by atoms with Crippen molar-refractivity contribution in [2.24, 2.45) is 18.4 Å². The maximum absolute atomic E-state index is 11.6. The Morgan fingerprint density at radius 2 is 2.07 bits per heavy atom. The molecule has 0 radical (unpaired) electrons. The van der Waals surface area contributed by atoms with Gasteiger partial charge in [-0.3, -0.25) is 14.8 Å². The molecule has 5 rings (SSSR count). The second-order valence-corrected chi connectivity index (χ2v) is 10.2. The van der Waals surface area contributed by atoms with Gasteiger partial charge < -0.3 is 0 Å². The average molecular weight is 426 g/mol. The number of rotatable bonds is 2. The summed E-state index contributed by atoms with van der Waals surface area (Å²) >= 11 is 1.74. The third-order valence-electron chi connectivity index (χ3n) is 6.20. The molecule has 1 atom stereocenters. The molecule has 0 fully saturated rings. The van der Waals surface area contributed by atoms with Crippen molar-refractivity contribution < 1.29 is 4.92 Å². The van der Waals surface area contributed by atoms with Crippen LogP contribution in [0.3, 0.4) is 0 Å². The van der Waals surface area contributed by atoms with Crippen LogP contribution < -0.4 is 0 Å². The van der Waals surface area contributed by atoms with E-state index in [0.717, 1.165) is 29.5 Å². The molecule has 0 saturated carbocycles. The minimum Gasteiger partial charge on any atom is -0.258 e. The topological polar surface area (TPSA) is 104 Å². The summed E-state index contributed by atoms with van der Waals surface area (Å²) < 4.78 is 3.11. The fourth-order valence-corrected chi connectivity index (χ4v) is 5.79. The Labute approximate surface area is 176 Å². The highest BCUT2D eigenvalue weighted by Gasteiger charge is 2.33. The normalized spacial score (nSPS) is 17.0. The van der Waals surface area contributed by atoms with Crippen LogP contribution in [0.4, 0.5) is 5.69 Å². The molecule has 1 aliphatic carbocycles. The lowest BCUT2D eigenvalue weighted by Gasteiger charge is -2.33. The standard InChI is InChI=1S/C20H23N7O2S/c1-10-15(27(28)29)16(25(5)23-10)17-22-18-14-12-7-6-11(20(2,3)4)8-13(12)30-19(14)21-9-26(18)24-17/h9,11H,6-8H2,1-5H3/t11-/m0/s1. The van der Waals surface area contributed by atoms with Gasteiger partial charge in [-0.25, -0.2) is 14.5 Å². The zero-order valence-electron chi connectivity index (χ0n) is 17.6. The Morgan fingerprint density at radius 3 is 2.77 bits per heavy atom. The van der Waals surface area contributed by atoms with E-state index in [1.165, 1.54) is 15.1 Å². The van der Waals surface area contributed by atoms with Crippen LogP contribution in [0.1, 0.15) is 43.3 Å². The molecular weight excluding hydrogens is 402 g/mol. The van der Waals surface area contributed by atoms with E-state index in [2.05, 4.69) is 36.0 Å². The molecule has 0 unspecified atom stereocenters. The highest BCUT2D eigenvalue weighted by atomic mass is 32.1. The van der Waals surface area contributed by atoms with Gasteiger partial charge in [0, 0.05) is 11.9 Å². The molecule has 9 nitrogen and oxygen atoms in total. The summed E-state index contributed by atoms with van der Waals surface area (Å²) in [4.78, 5) is 22.9. The Kier molecular flexibility index (Phi) is 4.02. The number of thiophene rings is 1. The van der Waals surface area contributed by atoms with Crippen LogP contribution in [0.25, 0.3) is 27.4 Å². The Bertz CT molecular complexity index is 1320. The van der Waals surface area contributed by atoms with Gasteiger partial charge in [0.1, 0.15) is 16.9 Å². The number of fused-ring (bicyclic) bond motifs is 5. The van der Waals surface area contributed by atoms with Crippen molar-refractivity contribution in [3.8, 4) is 11.5 Å². The van der Waals surface area contributed by atoms with Crippen LogP contribution in [0.5, 0.6) is 0 Å². The minimum absolute atomic E-state index is 0.0574. The molecule has 0 aliphatic heterocycles. The lowest BCUT2D eigenvalue weighted by atomic mass is 9.72. The smallest absolute Gasteiger partial charge is 0.258 e. The lowest BCUT2D eigenvalue weighted by Crippen LogP contribution is -2.26. The van der Waals surface area contributed by atoms with Crippen LogP contribution in [0.2, 0.25) is 0 Å². The molecule has 4 aromatic heterocycles. The first kappa shape index (κ1) is 19.1. The van der Waals surface area contributed by atoms with Gasteiger partial charge in [0.05, 0.1) is 10.3 Å². The van der Waals surface area contributed by atoms with E-state index in [1.54, 1.807) is 36.2 Å². The third-order valence-corrected chi connectivity index (χ3v) is 7.36. The molecule has 156 valence electrons. The van der Waals surface area contributed by atoms with E-state index < -0.39 is 4.92 Å². The molecule has 0 bridgehead atoms. The fraction of sp³-hybridized carbons (Fsp3) is 0.500. The van der Waals surface area contributed by atoms with Gasteiger partial charge in [0.25, 0.3) is 0 Å². The average Bonchev–Trinajstić information content (AvgIpc) is 3.31. The van der Waals surface area contributed by atoms with E-state index >= 15 is 0 Å². The zero-order valence-corrected chi connectivity index (χ0v) is 18.4. The Morgan fingerprint density at radius 1 is 1.30 bits per heavy atom. The fourth-order valence-electron chi connectivity index (χ4n) is 4.53. The first-order valence-corrected chi connectivity index (χ1v) is 10.8. The van der Waals surface area contributed by atoms with Gasteiger partial charge in [-0.2, -0.15) is 5.10 Å². The molecule has 30 heavy (non-hydrogen) atoms. The molecule has 10 heteroatoms. The van der Waals surface area contributed by atoms with Crippen LogP contribution in [-0.2, 0) is 19.9 Å². The Hall–Kier alpha value is -2.88. The zero-order chi connectivity index (χ0) is 21.4. The quantitative estimate of drug-likeness (QED) is 0.354. The number of hydrogen-bond acceptors (Lipinski definition) is 7. The minimum atomic E-state index is -0.420. The van der Waals surface area contributed by atoms with E-state index in [-0.39, 0.29) is 11.1 Å². The van der Waals surface area contributed by atoms with Crippen molar-refractivity contribution in [1.82, 2.24) is 29.4 Å². The first-order chi connectivity index (χ1) is 14.1. The summed E-state index contributed by atoms with van der Waals surface area (Å²) in [5.74, 6) is 0.935. The van der Waals surface area contributed by atoms with E-state index in [4.69, 9.17) is 4.98 Å². The number of hydrogen-bond donors (Lipinski definition) is 0. The molecule has 4 heterocycles. The van der Waals surface area contributed by atoms with Crippen LogP contribution in [0.15, 0.2) is 6.33 Å². The summed E-state index contributed by atoms with van der Waals surface area (Å²) in [5, 5.41) is 21.4. The summed E-state index contributed by atoms with van der Waals surface area (Å²) in [6.07, 6.45) is 4.83. The summed E-state index contributed by atoms with van der Waals surface area (Å²) in [6.45, 7) is 8.54. The maximum atomic E-state index is 11.6. The van der Waals surface area contributed by atoms with E-state index in [1.807, 2.05) is 0 Å². The second kappa shape index (κ2) is 6.31. The SMILES string of the molecule is Cc1nn(C)c(-c2nc3c4c5c(sc4ncn3n2)C[C@@H](C(C)(C)C)CC5)c1[N+](=O)[O-]. The molecule has 4 aromatic rings. The molecule has 0 amide bonds. The molecule has 0 N–H and O–H groups in total. The number of nitrogens with zero attached hydrogens (tertiary/aromatic N) is 7.